The molecule has 0 spiro atoms. The molecule has 0 fully saturated rings. The Morgan fingerprint density at radius 1 is 1.33 bits per heavy atom. The Labute approximate surface area is 114 Å². The molecule has 0 heterocycles. The summed E-state index contributed by atoms with van der Waals surface area (Å²) in [5, 5.41) is 6.86. The molecule has 0 bridgehead atoms. The molecular formula is C14H21ClN2O. The second-order valence-electron chi connectivity index (χ2n) is 4.29. The van der Waals surface area contributed by atoms with Gasteiger partial charge in [-0.1, -0.05) is 31.0 Å². The van der Waals surface area contributed by atoms with Crippen molar-refractivity contribution in [1.82, 2.24) is 5.32 Å². The molecule has 1 amide bonds. The Bertz CT molecular complexity index is 393. The van der Waals surface area contributed by atoms with Crippen molar-refractivity contribution in [1.29, 1.82) is 0 Å². The van der Waals surface area contributed by atoms with E-state index < -0.39 is 0 Å². The van der Waals surface area contributed by atoms with Crippen LogP contribution in [0.15, 0.2) is 18.2 Å². The lowest BCUT2D eigenvalue weighted by Gasteiger charge is -2.10. The minimum Gasteiger partial charge on any atom is -0.384 e. The Hall–Kier alpha value is -1.22. The first-order valence-electron chi connectivity index (χ1n) is 6.40. The standard InChI is InChI=1S/C14H21ClN2O/c1-3-4-9-17-14(18)8-10-16-13-7-5-6-12(15)11(13)2/h5-7,16H,3-4,8-10H2,1-2H3,(H,17,18). The van der Waals surface area contributed by atoms with Crippen LogP contribution in [0, 0.1) is 6.92 Å². The number of amides is 1. The zero-order chi connectivity index (χ0) is 13.4. The SMILES string of the molecule is CCCCNC(=O)CCNc1cccc(Cl)c1C. The van der Waals surface area contributed by atoms with Gasteiger partial charge in [-0.25, -0.2) is 0 Å². The molecule has 0 saturated heterocycles. The van der Waals surface area contributed by atoms with Gasteiger partial charge < -0.3 is 10.6 Å². The van der Waals surface area contributed by atoms with Gasteiger partial charge in [-0.15, -0.1) is 0 Å². The number of halogens is 1. The summed E-state index contributed by atoms with van der Waals surface area (Å²) in [6.07, 6.45) is 2.61. The average molecular weight is 269 g/mol. The highest BCUT2D eigenvalue weighted by atomic mass is 35.5. The lowest BCUT2D eigenvalue weighted by molar-refractivity contribution is -0.120. The predicted octanol–water partition coefficient (Wildman–Crippen LogP) is 3.37. The summed E-state index contributed by atoms with van der Waals surface area (Å²) in [5.41, 5.74) is 2.01. The number of unbranched alkanes of at least 4 members (excludes halogenated alkanes) is 1. The van der Waals surface area contributed by atoms with Gasteiger partial charge in [0.15, 0.2) is 0 Å². The fraction of sp³-hybridized carbons (Fsp3) is 0.500. The van der Waals surface area contributed by atoms with E-state index in [4.69, 9.17) is 11.6 Å². The van der Waals surface area contributed by atoms with Crippen molar-refractivity contribution >= 4 is 23.2 Å². The topological polar surface area (TPSA) is 41.1 Å². The molecule has 2 N–H and O–H groups in total. The Morgan fingerprint density at radius 3 is 2.83 bits per heavy atom. The van der Waals surface area contributed by atoms with Gasteiger partial charge >= 0.3 is 0 Å². The highest BCUT2D eigenvalue weighted by Crippen LogP contribution is 2.22. The summed E-state index contributed by atoms with van der Waals surface area (Å²) in [7, 11) is 0. The van der Waals surface area contributed by atoms with E-state index in [0.717, 1.165) is 35.7 Å². The molecular weight excluding hydrogens is 248 g/mol. The van der Waals surface area contributed by atoms with Crippen molar-refractivity contribution in [2.45, 2.75) is 33.1 Å². The first kappa shape index (κ1) is 14.8. The fourth-order valence-corrected chi connectivity index (χ4v) is 1.78. The van der Waals surface area contributed by atoms with Gasteiger partial charge in [0.25, 0.3) is 0 Å². The summed E-state index contributed by atoms with van der Waals surface area (Å²) in [6, 6.07) is 5.73. The Morgan fingerprint density at radius 2 is 2.11 bits per heavy atom. The fourth-order valence-electron chi connectivity index (χ4n) is 1.60. The van der Waals surface area contributed by atoms with Crippen molar-refractivity contribution in [2.24, 2.45) is 0 Å². The first-order chi connectivity index (χ1) is 8.65. The third kappa shape index (κ3) is 4.96. The van der Waals surface area contributed by atoms with E-state index >= 15 is 0 Å². The molecule has 0 atom stereocenters. The van der Waals surface area contributed by atoms with Crippen LogP contribution in [0.3, 0.4) is 0 Å². The third-order valence-corrected chi connectivity index (χ3v) is 3.20. The van der Waals surface area contributed by atoms with E-state index in [1.54, 1.807) is 0 Å². The summed E-state index contributed by atoms with van der Waals surface area (Å²) in [4.78, 5) is 11.5. The molecule has 0 aliphatic carbocycles. The van der Waals surface area contributed by atoms with E-state index in [-0.39, 0.29) is 5.91 Å². The van der Waals surface area contributed by atoms with E-state index in [1.807, 2.05) is 25.1 Å². The normalized spacial score (nSPS) is 10.2. The highest BCUT2D eigenvalue weighted by Gasteiger charge is 2.03. The number of carbonyl (C=O) groups excluding carboxylic acids is 1. The van der Waals surface area contributed by atoms with Crippen LogP contribution in [0.4, 0.5) is 5.69 Å². The molecule has 3 nitrogen and oxygen atoms in total. The molecule has 1 aromatic rings. The molecule has 0 saturated carbocycles. The van der Waals surface area contributed by atoms with Gasteiger partial charge in [0, 0.05) is 30.2 Å². The van der Waals surface area contributed by atoms with E-state index in [0.29, 0.717) is 13.0 Å². The number of carbonyl (C=O) groups is 1. The molecule has 0 aliphatic heterocycles. The number of anilines is 1. The van der Waals surface area contributed by atoms with E-state index in [9.17, 15) is 4.79 Å². The van der Waals surface area contributed by atoms with Crippen LogP contribution in [-0.2, 0) is 4.79 Å². The summed E-state index contributed by atoms with van der Waals surface area (Å²) < 4.78 is 0. The number of hydrogen-bond acceptors (Lipinski definition) is 2. The van der Waals surface area contributed by atoms with Crippen LogP contribution < -0.4 is 10.6 Å². The molecule has 1 aromatic carbocycles. The molecule has 1 rings (SSSR count). The Balaban J connectivity index is 2.29. The van der Waals surface area contributed by atoms with Crippen molar-refractivity contribution < 1.29 is 4.79 Å². The maximum Gasteiger partial charge on any atom is 0.221 e. The maximum atomic E-state index is 11.5. The zero-order valence-corrected chi connectivity index (χ0v) is 11.8. The Kier molecular flexibility index (Phi) is 6.58. The lowest BCUT2D eigenvalue weighted by atomic mass is 10.2. The van der Waals surface area contributed by atoms with Crippen molar-refractivity contribution in [3.63, 3.8) is 0 Å². The van der Waals surface area contributed by atoms with Crippen LogP contribution in [0.5, 0.6) is 0 Å². The van der Waals surface area contributed by atoms with Gasteiger partial charge in [-0.2, -0.15) is 0 Å². The number of rotatable bonds is 7. The smallest absolute Gasteiger partial charge is 0.221 e. The van der Waals surface area contributed by atoms with Crippen molar-refractivity contribution in [3.05, 3.63) is 28.8 Å². The number of hydrogen-bond donors (Lipinski definition) is 2. The van der Waals surface area contributed by atoms with Crippen molar-refractivity contribution in [2.75, 3.05) is 18.4 Å². The second-order valence-corrected chi connectivity index (χ2v) is 4.70. The highest BCUT2D eigenvalue weighted by molar-refractivity contribution is 6.31. The number of benzene rings is 1. The minimum atomic E-state index is 0.0932. The molecule has 18 heavy (non-hydrogen) atoms. The van der Waals surface area contributed by atoms with Crippen LogP contribution in [0.2, 0.25) is 5.02 Å². The van der Waals surface area contributed by atoms with Gasteiger partial charge in [0.2, 0.25) is 5.91 Å². The summed E-state index contributed by atoms with van der Waals surface area (Å²) in [6.45, 7) is 5.46. The maximum absolute atomic E-state index is 11.5. The van der Waals surface area contributed by atoms with E-state index in [1.165, 1.54) is 0 Å². The van der Waals surface area contributed by atoms with Crippen molar-refractivity contribution in [3.8, 4) is 0 Å². The zero-order valence-electron chi connectivity index (χ0n) is 11.1. The third-order valence-electron chi connectivity index (χ3n) is 2.79. The van der Waals surface area contributed by atoms with Gasteiger partial charge in [-0.3, -0.25) is 4.79 Å². The van der Waals surface area contributed by atoms with Crippen LogP contribution >= 0.6 is 11.6 Å². The predicted molar refractivity (Wildman–Crippen MR) is 77.2 cm³/mol. The average Bonchev–Trinajstić information content (AvgIpc) is 2.35. The monoisotopic (exact) mass is 268 g/mol. The van der Waals surface area contributed by atoms with Gasteiger partial charge in [0.1, 0.15) is 0 Å². The van der Waals surface area contributed by atoms with E-state index in [2.05, 4.69) is 17.6 Å². The molecule has 0 unspecified atom stereocenters. The quantitative estimate of drug-likeness (QED) is 0.745. The second kappa shape index (κ2) is 7.98. The van der Waals surface area contributed by atoms with Crippen LogP contribution in [0.25, 0.3) is 0 Å². The molecule has 100 valence electrons. The first-order valence-corrected chi connectivity index (χ1v) is 6.78. The van der Waals surface area contributed by atoms with Gasteiger partial charge in [0.05, 0.1) is 0 Å². The summed E-state index contributed by atoms with van der Waals surface area (Å²) in [5.74, 6) is 0.0932. The molecule has 0 aromatic heterocycles. The lowest BCUT2D eigenvalue weighted by Crippen LogP contribution is -2.26. The molecule has 4 heteroatoms. The largest absolute Gasteiger partial charge is 0.384 e. The number of nitrogens with one attached hydrogen (secondary N) is 2. The molecule has 0 aliphatic rings. The van der Waals surface area contributed by atoms with Crippen LogP contribution in [-0.4, -0.2) is 19.0 Å². The van der Waals surface area contributed by atoms with Crippen LogP contribution in [0.1, 0.15) is 31.7 Å². The minimum absolute atomic E-state index is 0.0932. The van der Waals surface area contributed by atoms with Gasteiger partial charge in [-0.05, 0) is 31.0 Å². The molecule has 0 radical (unpaired) electrons. The summed E-state index contributed by atoms with van der Waals surface area (Å²) >= 11 is 6.02.